The average Bonchev–Trinajstić information content (AvgIpc) is 2.37. The molecule has 0 bridgehead atoms. The first-order chi connectivity index (χ1) is 8.67. The molecule has 2 rings (SSSR count). The second-order valence-electron chi connectivity index (χ2n) is 4.93. The minimum atomic E-state index is -0.100. The van der Waals surface area contributed by atoms with Crippen molar-refractivity contribution in [2.75, 3.05) is 19.0 Å². The van der Waals surface area contributed by atoms with Crippen LogP contribution in [0.3, 0.4) is 0 Å². The van der Waals surface area contributed by atoms with Crippen molar-refractivity contribution in [2.24, 2.45) is 5.92 Å². The van der Waals surface area contributed by atoms with Crippen molar-refractivity contribution in [3.8, 4) is 5.88 Å². The van der Waals surface area contributed by atoms with Crippen LogP contribution in [-0.4, -0.2) is 34.8 Å². The van der Waals surface area contributed by atoms with E-state index < -0.39 is 0 Å². The molecule has 0 saturated heterocycles. The van der Waals surface area contributed by atoms with Gasteiger partial charge in [0, 0.05) is 18.3 Å². The van der Waals surface area contributed by atoms with E-state index in [0.717, 1.165) is 37.9 Å². The van der Waals surface area contributed by atoms with Crippen molar-refractivity contribution < 1.29 is 9.84 Å². The van der Waals surface area contributed by atoms with Gasteiger partial charge in [-0.15, -0.1) is 0 Å². The highest BCUT2D eigenvalue weighted by atomic mass is 16.5. The minimum Gasteiger partial charge on any atom is -0.481 e. The Morgan fingerprint density at radius 3 is 2.72 bits per heavy atom. The molecular weight excluding hydrogens is 230 g/mol. The number of rotatable bonds is 4. The number of aliphatic hydroxyl groups is 1. The monoisotopic (exact) mass is 251 g/mol. The van der Waals surface area contributed by atoms with E-state index in [9.17, 15) is 5.11 Å². The first-order valence-corrected chi connectivity index (χ1v) is 6.49. The van der Waals surface area contributed by atoms with Crippen molar-refractivity contribution in [1.82, 2.24) is 9.97 Å². The van der Waals surface area contributed by atoms with Crippen molar-refractivity contribution in [2.45, 2.75) is 38.7 Å². The molecule has 1 fully saturated rings. The molecule has 1 aliphatic carbocycles. The second kappa shape index (κ2) is 6.00. The van der Waals surface area contributed by atoms with Crippen LogP contribution in [0.5, 0.6) is 5.88 Å². The number of nitrogens with zero attached hydrogens (tertiary/aromatic N) is 2. The van der Waals surface area contributed by atoms with Crippen LogP contribution in [0.4, 0.5) is 5.95 Å². The quantitative estimate of drug-likeness (QED) is 0.853. The molecule has 0 amide bonds. The molecule has 5 heteroatoms. The van der Waals surface area contributed by atoms with E-state index in [1.54, 1.807) is 7.11 Å². The smallest absolute Gasteiger partial charge is 0.226 e. The Hall–Kier alpha value is -1.36. The highest BCUT2D eigenvalue weighted by Gasteiger charge is 2.19. The van der Waals surface area contributed by atoms with Gasteiger partial charge in [-0.05, 0) is 38.5 Å². The van der Waals surface area contributed by atoms with Crippen molar-refractivity contribution in [3.05, 3.63) is 11.8 Å². The van der Waals surface area contributed by atoms with Crippen molar-refractivity contribution >= 4 is 5.95 Å². The molecule has 0 aromatic carbocycles. The molecule has 18 heavy (non-hydrogen) atoms. The van der Waals surface area contributed by atoms with Gasteiger partial charge in [0.1, 0.15) is 0 Å². The predicted octanol–water partition coefficient (Wildman–Crippen LogP) is 1.76. The van der Waals surface area contributed by atoms with Crippen LogP contribution in [0.15, 0.2) is 6.07 Å². The van der Waals surface area contributed by atoms with Gasteiger partial charge >= 0.3 is 0 Å². The number of aliphatic hydroxyl groups excluding tert-OH is 1. The normalized spacial score (nSPS) is 23.7. The second-order valence-corrected chi connectivity index (χ2v) is 4.93. The number of methoxy groups -OCH3 is 1. The van der Waals surface area contributed by atoms with E-state index in [0.29, 0.717) is 17.7 Å². The van der Waals surface area contributed by atoms with Gasteiger partial charge in [0.2, 0.25) is 11.8 Å². The summed E-state index contributed by atoms with van der Waals surface area (Å²) in [6, 6.07) is 1.81. The molecule has 2 N–H and O–H groups in total. The maximum atomic E-state index is 9.46. The summed E-state index contributed by atoms with van der Waals surface area (Å²) in [7, 11) is 1.61. The molecule has 1 saturated carbocycles. The van der Waals surface area contributed by atoms with Gasteiger partial charge in [0.05, 0.1) is 13.2 Å². The molecule has 0 unspecified atom stereocenters. The molecule has 0 aliphatic heterocycles. The largest absolute Gasteiger partial charge is 0.481 e. The maximum absolute atomic E-state index is 9.46. The lowest BCUT2D eigenvalue weighted by molar-refractivity contribution is 0.111. The Morgan fingerprint density at radius 1 is 1.33 bits per heavy atom. The fourth-order valence-electron chi connectivity index (χ4n) is 2.31. The van der Waals surface area contributed by atoms with E-state index in [-0.39, 0.29) is 6.10 Å². The highest BCUT2D eigenvalue weighted by Crippen LogP contribution is 2.24. The van der Waals surface area contributed by atoms with E-state index in [2.05, 4.69) is 15.3 Å². The average molecular weight is 251 g/mol. The molecule has 5 nitrogen and oxygen atoms in total. The summed E-state index contributed by atoms with van der Waals surface area (Å²) < 4.78 is 5.12. The molecule has 0 radical (unpaired) electrons. The SMILES string of the molecule is COc1cc(C)nc(NCC2CCC(O)CC2)n1. The standard InChI is InChI=1S/C13H21N3O2/c1-9-7-12(18-2)16-13(15-9)14-8-10-3-5-11(17)6-4-10/h7,10-11,17H,3-6,8H2,1-2H3,(H,14,15,16). The molecule has 0 atom stereocenters. The zero-order valence-corrected chi connectivity index (χ0v) is 11.0. The lowest BCUT2D eigenvalue weighted by Gasteiger charge is -2.25. The summed E-state index contributed by atoms with van der Waals surface area (Å²) in [6.07, 6.45) is 3.85. The molecule has 100 valence electrons. The van der Waals surface area contributed by atoms with Gasteiger partial charge in [0.25, 0.3) is 0 Å². The Balaban J connectivity index is 1.88. The predicted molar refractivity (Wildman–Crippen MR) is 69.8 cm³/mol. The fraction of sp³-hybridized carbons (Fsp3) is 0.692. The summed E-state index contributed by atoms with van der Waals surface area (Å²) in [6.45, 7) is 2.78. The van der Waals surface area contributed by atoms with E-state index in [1.165, 1.54) is 0 Å². The maximum Gasteiger partial charge on any atom is 0.226 e. The van der Waals surface area contributed by atoms with Gasteiger partial charge < -0.3 is 15.2 Å². The molecule has 1 aromatic rings. The molecule has 1 aromatic heterocycles. The third-order valence-corrected chi connectivity index (χ3v) is 3.40. The Labute approximate surface area is 108 Å². The number of hydrogen-bond acceptors (Lipinski definition) is 5. The zero-order chi connectivity index (χ0) is 13.0. The summed E-state index contributed by atoms with van der Waals surface area (Å²) in [4.78, 5) is 8.59. The number of aryl methyl sites for hydroxylation is 1. The van der Waals surface area contributed by atoms with Crippen molar-refractivity contribution in [3.63, 3.8) is 0 Å². The van der Waals surface area contributed by atoms with Crippen LogP contribution in [0.2, 0.25) is 0 Å². The summed E-state index contributed by atoms with van der Waals surface area (Å²) >= 11 is 0. The van der Waals surface area contributed by atoms with Gasteiger partial charge in [-0.1, -0.05) is 0 Å². The third kappa shape index (κ3) is 3.57. The highest BCUT2D eigenvalue weighted by molar-refractivity contribution is 5.30. The summed E-state index contributed by atoms with van der Waals surface area (Å²) in [5.41, 5.74) is 0.892. The summed E-state index contributed by atoms with van der Waals surface area (Å²) in [5.74, 6) is 1.81. The van der Waals surface area contributed by atoms with E-state index in [1.807, 2.05) is 13.0 Å². The zero-order valence-electron chi connectivity index (χ0n) is 11.0. The van der Waals surface area contributed by atoms with Crippen LogP contribution >= 0.6 is 0 Å². The van der Waals surface area contributed by atoms with Crippen molar-refractivity contribution in [1.29, 1.82) is 0 Å². The van der Waals surface area contributed by atoms with Gasteiger partial charge in [0.15, 0.2) is 0 Å². The molecule has 1 aliphatic rings. The minimum absolute atomic E-state index is 0.100. The molecule has 1 heterocycles. The van der Waals surface area contributed by atoms with Crippen LogP contribution in [0, 0.1) is 12.8 Å². The fourth-order valence-corrected chi connectivity index (χ4v) is 2.31. The lowest BCUT2D eigenvalue weighted by Crippen LogP contribution is -2.24. The third-order valence-electron chi connectivity index (χ3n) is 3.40. The van der Waals surface area contributed by atoms with Crippen LogP contribution < -0.4 is 10.1 Å². The summed E-state index contributed by atoms with van der Waals surface area (Å²) in [5, 5.41) is 12.7. The van der Waals surface area contributed by atoms with Gasteiger partial charge in [-0.25, -0.2) is 4.98 Å². The number of aromatic nitrogens is 2. The van der Waals surface area contributed by atoms with Crippen LogP contribution in [0.1, 0.15) is 31.4 Å². The number of ether oxygens (including phenoxy) is 1. The van der Waals surface area contributed by atoms with E-state index >= 15 is 0 Å². The number of hydrogen-bond donors (Lipinski definition) is 2. The number of anilines is 1. The Morgan fingerprint density at radius 2 is 2.06 bits per heavy atom. The first kappa shape index (κ1) is 13.1. The van der Waals surface area contributed by atoms with Crippen LogP contribution in [0.25, 0.3) is 0 Å². The Kier molecular flexibility index (Phi) is 4.36. The van der Waals surface area contributed by atoms with E-state index in [4.69, 9.17) is 4.74 Å². The molecular formula is C13H21N3O2. The van der Waals surface area contributed by atoms with Crippen LogP contribution in [-0.2, 0) is 0 Å². The number of nitrogens with one attached hydrogen (secondary N) is 1. The van der Waals surface area contributed by atoms with Gasteiger partial charge in [-0.2, -0.15) is 4.98 Å². The lowest BCUT2D eigenvalue weighted by atomic mass is 9.87. The molecule has 0 spiro atoms. The van der Waals surface area contributed by atoms with Gasteiger partial charge in [-0.3, -0.25) is 0 Å². The first-order valence-electron chi connectivity index (χ1n) is 6.49. The Bertz CT molecular complexity index is 390. The topological polar surface area (TPSA) is 67.3 Å².